The molecule has 0 aromatic carbocycles. The van der Waals surface area contributed by atoms with E-state index in [1.54, 1.807) is 0 Å². The number of rotatable bonds is 6. The molecule has 1 aliphatic heterocycles. The molecule has 0 aromatic rings. The first-order chi connectivity index (χ1) is 8.42. The molecule has 1 fully saturated rings. The highest BCUT2D eigenvalue weighted by Crippen LogP contribution is 2.13. The van der Waals surface area contributed by atoms with Gasteiger partial charge in [0.2, 0.25) is 0 Å². The van der Waals surface area contributed by atoms with Crippen molar-refractivity contribution in [1.82, 2.24) is 9.80 Å². The van der Waals surface area contributed by atoms with Crippen LogP contribution in [0.15, 0.2) is 0 Å². The van der Waals surface area contributed by atoms with Gasteiger partial charge < -0.3 is 10.2 Å². The number of β-amino-alcohol motifs (C(OH)–C–C–N with tert-alkyl or cyclic N) is 2. The fourth-order valence-corrected chi connectivity index (χ4v) is 1.59. The van der Waals surface area contributed by atoms with Gasteiger partial charge >= 0.3 is 17.8 Å². The number of alkyl halides is 2. The van der Waals surface area contributed by atoms with Crippen molar-refractivity contribution in [2.75, 3.05) is 24.8 Å². The molecule has 0 bridgehead atoms. The van der Waals surface area contributed by atoms with Gasteiger partial charge in [-0.15, -0.1) is 23.2 Å². The zero-order chi connectivity index (χ0) is 13.9. The van der Waals surface area contributed by atoms with E-state index in [1.165, 1.54) is 0 Å². The summed E-state index contributed by atoms with van der Waals surface area (Å²) in [6.45, 7) is -0.721. The van der Waals surface area contributed by atoms with Gasteiger partial charge in [0.1, 0.15) is 0 Å². The predicted molar refractivity (Wildman–Crippen MR) is 62.3 cm³/mol. The van der Waals surface area contributed by atoms with E-state index in [1.807, 2.05) is 0 Å². The van der Waals surface area contributed by atoms with Gasteiger partial charge in [0.15, 0.2) is 0 Å². The lowest BCUT2D eigenvalue weighted by molar-refractivity contribution is -0.143. The molecule has 1 saturated heterocycles. The second-order valence-electron chi connectivity index (χ2n) is 3.73. The van der Waals surface area contributed by atoms with E-state index >= 15 is 0 Å². The molecule has 2 atom stereocenters. The minimum Gasteiger partial charge on any atom is -0.390 e. The molecule has 2 N–H and O–H groups in total. The van der Waals surface area contributed by atoms with E-state index in [2.05, 4.69) is 0 Å². The lowest BCUT2D eigenvalue weighted by Gasteiger charge is -2.18. The maximum absolute atomic E-state index is 11.7. The monoisotopic (exact) mass is 298 g/mol. The molecule has 0 aliphatic carbocycles. The molecule has 0 radical (unpaired) electrons. The van der Waals surface area contributed by atoms with Crippen LogP contribution in [0, 0.1) is 0 Å². The third-order valence-corrected chi connectivity index (χ3v) is 2.99. The molecule has 18 heavy (non-hydrogen) atoms. The number of carbonyl (C=O) groups excluding carboxylic acids is 3. The summed E-state index contributed by atoms with van der Waals surface area (Å²) >= 11 is 10.7. The molecule has 102 valence electrons. The lowest BCUT2D eigenvalue weighted by Crippen LogP contribution is -2.41. The normalized spacial score (nSPS) is 19.7. The minimum atomic E-state index is -1.11. The number of aliphatic hydroxyl groups is 2. The SMILES string of the molecule is O=C1C(=O)N(CC(O)CCl)C(=O)N1CC(O)CCl. The number of amides is 4. The molecule has 9 heteroatoms. The molecule has 7 nitrogen and oxygen atoms in total. The first kappa shape index (κ1) is 15.2. The topological polar surface area (TPSA) is 98.2 Å². The average molecular weight is 299 g/mol. The number of urea groups is 1. The molecular weight excluding hydrogens is 287 g/mol. The summed E-state index contributed by atoms with van der Waals surface area (Å²) in [5.41, 5.74) is 0. The number of nitrogens with zero attached hydrogens (tertiary/aromatic N) is 2. The Hall–Kier alpha value is -0.890. The largest absolute Gasteiger partial charge is 0.390 e. The summed E-state index contributed by atoms with van der Waals surface area (Å²) in [4.78, 5) is 35.9. The Morgan fingerprint density at radius 3 is 1.50 bits per heavy atom. The maximum atomic E-state index is 11.7. The summed E-state index contributed by atoms with van der Waals surface area (Å²) < 4.78 is 0. The number of imide groups is 2. The summed E-state index contributed by atoms with van der Waals surface area (Å²) in [6.07, 6.45) is -2.21. The molecule has 0 aromatic heterocycles. The van der Waals surface area contributed by atoms with Gasteiger partial charge in [-0.25, -0.2) is 4.79 Å². The van der Waals surface area contributed by atoms with Gasteiger partial charge in [0.05, 0.1) is 37.1 Å². The molecular formula is C9H12Cl2N2O5. The van der Waals surface area contributed by atoms with Crippen molar-refractivity contribution in [3.8, 4) is 0 Å². The summed E-state index contributed by atoms with van der Waals surface area (Å²) in [7, 11) is 0. The molecule has 0 saturated carbocycles. The second-order valence-corrected chi connectivity index (χ2v) is 4.35. The van der Waals surface area contributed by atoms with Gasteiger partial charge in [-0.05, 0) is 0 Å². The van der Waals surface area contributed by atoms with Crippen LogP contribution < -0.4 is 0 Å². The molecule has 0 spiro atoms. The summed E-state index contributed by atoms with van der Waals surface area (Å²) in [6, 6.07) is -0.890. The van der Waals surface area contributed by atoms with Gasteiger partial charge in [-0.1, -0.05) is 0 Å². The number of hydrogen-bond acceptors (Lipinski definition) is 5. The van der Waals surface area contributed by atoms with E-state index in [-0.39, 0.29) is 24.8 Å². The quantitative estimate of drug-likeness (QED) is 0.371. The summed E-state index contributed by atoms with van der Waals surface area (Å²) in [5, 5.41) is 18.6. The highest BCUT2D eigenvalue weighted by Gasteiger charge is 2.45. The Morgan fingerprint density at radius 1 is 0.889 bits per heavy atom. The molecule has 1 rings (SSSR count). The molecule has 4 amide bonds. The van der Waals surface area contributed by atoms with Crippen LogP contribution in [-0.4, -0.2) is 74.9 Å². The molecule has 1 heterocycles. The zero-order valence-corrected chi connectivity index (χ0v) is 10.8. The Morgan fingerprint density at radius 2 is 1.22 bits per heavy atom. The van der Waals surface area contributed by atoms with Crippen LogP contribution in [0.5, 0.6) is 0 Å². The smallest absolute Gasteiger partial charge is 0.334 e. The van der Waals surface area contributed by atoms with Crippen LogP contribution in [0.25, 0.3) is 0 Å². The van der Waals surface area contributed by atoms with Crippen molar-refractivity contribution >= 4 is 41.0 Å². The van der Waals surface area contributed by atoms with Gasteiger partial charge in [-0.2, -0.15) is 0 Å². The second kappa shape index (κ2) is 6.33. The number of carbonyl (C=O) groups is 3. The molecule has 2 unspecified atom stereocenters. The lowest BCUT2D eigenvalue weighted by atomic mass is 10.3. The average Bonchev–Trinajstić information content (AvgIpc) is 2.55. The van der Waals surface area contributed by atoms with Crippen molar-refractivity contribution in [2.45, 2.75) is 12.2 Å². The van der Waals surface area contributed by atoms with E-state index in [0.717, 1.165) is 0 Å². The maximum Gasteiger partial charge on any atom is 0.334 e. The van der Waals surface area contributed by atoms with Crippen molar-refractivity contribution < 1.29 is 24.6 Å². The Balaban J connectivity index is 2.77. The fourth-order valence-electron chi connectivity index (χ4n) is 1.39. The van der Waals surface area contributed by atoms with Gasteiger partial charge in [0, 0.05) is 0 Å². The van der Waals surface area contributed by atoms with Crippen LogP contribution in [0.4, 0.5) is 4.79 Å². The van der Waals surface area contributed by atoms with Gasteiger partial charge in [0.25, 0.3) is 0 Å². The Kier molecular flexibility index (Phi) is 5.33. The Labute approximate surface area is 113 Å². The van der Waals surface area contributed by atoms with Gasteiger partial charge in [-0.3, -0.25) is 19.4 Å². The number of halogens is 2. The van der Waals surface area contributed by atoms with Crippen molar-refractivity contribution in [3.63, 3.8) is 0 Å². The van der Waals surface area contributed by atoms with E-state index < -0.39 is 30.1 Å². The third kappa shape index (κ3) is 3.11. The first-order valence-corrected chi connectivity index (χ1v) is 6.14. The molecule has 1 aliphatic rings. The van der Waals surface area contributed by atoms with Crippen molar-refractivity contribution in [3.05, 3.63) is 0 Å². The number of aliphatic hydroxyl groups excluding tert-OH is 2. The van der Waals surface area contributed by atoms with E-state index in [9.17, 15) is 24.6 Å². The standard InChI is InChI=1S/C9H12Cl2N2O5/c10-1-5(14)3-12-7(16)8(17)13(9(12)18)4-6(15)2-11/h5-6,14-15H,1-4H2. The van der Waals surface area contributed by atoms with Crippen molar-refractivity contribution in [1.29, 1.82) is 0 Å². The Bertz CT molecular complexity index is 333. The van der Waals surface area contributed by atoms with Crippen LogP contribution in [-0.2, 0) is 9.59 Å². The van der Waals surface area contributed by atoms with Crippen molar-refractivity contribution in [2.24, 2.45) is 0 Å². The first-order valence-electron chi connectivity index (χ1n) is 5.07. The van der Waals surface area contributed by atoms with E-state index in [4.69, 9.17) is 23.2 Å². The number of hydrogen-bond donors (Lipinski definition) is 2. The highest BCUT2D eigenvalue weighted by molar-refractivity contribution is 6.44. The van der Waals surface area contributed by atoms with Crippen LogP contribution in [0.1, 0.15) is 0 Å². The minimum absolute atomic E-state index is 0.171. The predicted octanol–water partition coefficient (Wildman–Crippen LogP) is -1.02. The van der Waals surface area contributed by atoms with Crippen LogP contribution in [0.2, 0.25) is 0 Å². The van der Waals surface area contributed by atoms with E-state index in [0.29, 0.717) is 9.80 Å². The van der Waals surface area contributed by atoms with Crippen LogP contribution >= 0.6 is 23.2 Å². The highest BCUT2D eigenvalue weighted by atomic mass is 35.5. The summed E-state index contributed by atoms with van der Waals surface area (Å²) in [5.74, 6) is -2.44. The van der Waals surface area contributed by atoms with Crippen LogP contribution in [0.3, 0.4) is 0 Å². The fraction of sp³-hybridized carbons (Fsp3) is 0.667. The third-order valence-electron chi connectivity index (χ3n) is 2.28. The zero-order valence-electron chi connectivity index (χ0n) is 9.25.